The van der Waals surface area contributed by atoms with Crippen molar-refractivity contribution in [2.75, 3.05) is 0 Å². The number of sulfonamides is 1. The number of H-pyrrole nitrogens is 2. The van der Waals surface area contributed by atoms with Crippen molar-refractivity contribution in [3.8, 4) is 0 Å². The van der Waals surface area contributed by atoms with E-state index in [4.69, 9.17) is 0 Å². The largest absolute Gasteiger partial charge is 0.363 e. The van der Waals surface area contributed by atoms with E-state index in [9.17, 15) is 8.42 Å². The smallest absolute Gasteiger partial charge is 0.242 e. The van der Waals surface area contributed by atoms with Gasteiger partial charge in [-0.15, -0.1) is 0 Å². The molecule has 9 heteroatoms. The van der Waals surface area contributed by atoms with E-state index in [2.05, 4.69) is 30.2 Å². The Morgan fingerprint density at radius 1 is 1.35 bits per heavy atom. The lowest BCUT2D eigenvalue weighted by atomic mass is 10.4. The van der Waals surface area contributed by atoms with Gasteiger partial charge in [-0.25, -0.2) is 18.1 Å². The Morgan fingerprint density at radius 3 is 2.90 bits per heavy atom. The van der Waals surface area contributed by atoms with Crippen LogP contribution in [-0.2, 0) is 23.1 Å². The molecule has 1 fully saturated rings. The molecule has 0 bridgehead atoms. The van der Waals surface area contributed by atoms with Crippen LogP contribution in [0.25, 0.3) is 0 Å². The fourth-order valence-electron chi connectivity index (χ4n) is 1.78. The average molecular weight is 296 g/mol. The van der Waals surface area contributed by atoms with Crippen molar-refractivity contribution in [1.29, 1.82) is 0 Å². The van der Waals surface area contributed by atoms with Gasteiger partial charge in [-0.05, 0) is 18.9 Å². The van der Waals surface area contributed by atoms with Gasteiger partial charge in [-0.2, -0.15) is 5.10 Å². The van der Waals surface area contributed by atoms with E-state index in [1.807, 2.05) is 0 Å². The van der Waals surface area contributed by atoms with Gasteiger partial charge in [0.25, 0.3) is 0 Å². The summed E-state index contributed by atoms with van der Waals surface area (Å²) in [5.41, 5.74) is 0.858. The molecule has 8 nitrogen and oxygen atoms in total. The minimum atomic E-state index is -3.54. The van der Waals surface area contributed by atoms with E-state index in [0.29, 0.717) is 18.4 Å². The number of aromatic nitrogens is 4. The standard InChI is InChI=1S/C11H16N6O2S/c18-20(19,16-6-11-14-7-15-17-11)10-3-9(13-5-10)4-12-8-1-2-8/h3,5,7-8,12-13,16H,1-2,4,6H2,(H,14,15,17). The summed E-state index contributed by atoms with van der Waals surface area (Å²) < 4.78 is 26.6. The summed E-state index contributed by atoms with van der Waals surface area (Å²) in [5.74, 6) is 0.472. The number of nitrogens with one attached hydrogen (secondary N) is 4. The van der Waals surface area contributed by atoms with Crippen LogP contribution in [0, 0.1) is 0 Å². The first-order chi connectivity index (χ1) is 9.63. The number of rotatable bonds is 7. The third-order valence-corrected chi connectivity index (χ3v) is 4.46. The molecule has 4 N–H and O–H groups in total. The molecule has 1 aliphatic rings. The molecule has 0 amide bonds. The molecule has 2 aromatic heterocycles. The predicted octanol–water partition coefficient (Wildman–Crippen LogP) is -0.137. The minimum Gasteiger partial charge on any atom is -0.363 e. The summed E-state index contributed by atoms with van der Waals surface area (Å²) in [4.78, 5) is 7.06. The maximum absolute atomic E-state index is 12.1. The molecule has 0 aliphatic heterocycles. The van der Waals surface area contributed by atoms with Gasteiger partial charge in [0.1, 0.15) is 12.2 Å². The summed E-state index contributed by atoms with van der Waals surface area (Å²) >= 11 is 0. The molecule has 2 heterocycles. The highest BCUT2D eigenvalue weighted by Gasteiger charge is 2.21. The maximum atomic E-state index is 12.1. The second-order valence-corrected chi connectivity index (χ2v) is 6.54. The van der Waals surface area contributed by atoms with Gasteiger partial charge < -0.3 is 10.3 Å². The summed E-state index contributed by atoms with van der Waals surface area (Å²) in [7, 11) is -3.54. The third kappa shape index (κ3) is 3.24. The van der Waals surface area contributed by atoms with Crippen molar-refractivity contribution >= 4 is 10.0 Å². The molecule has 0 saturated heterocycles. The molecular weight excluding hydrogens is 280 g/mol. The molecule has 2 aromatic rings. The lowest BCUT2D eigenvalue weighted by Crippen LogP contribution is -2.23. The fourth-order valence-corrected chi connectivity index (χ4v) is 2.79. The number of nitrogens with zero attached hydrogens (tertiary/aromatic N) is 2. The van der Waals surface area contributed by atoms with Crippen molar-refractivity contribution in [2.45, 2.75) is 36.9 Å². The SMILES string of the molecule is O=S(=O)(NCc1ncn[nH]1)c1c[nH]c(CNC2CC2)c1. The van der Waals surface area contributed by atoms with Gasteiger partial charge in [0.2, 0.25) is 10.0 Å². The van der Waals surface area contributed by atoms with E-state index >= 15 is 0 Å². The normalized spacial score (nSPS) is 15.6. The summed E-state index contributed by atoms with van der Waals surface area (Å²) in [6.45, 7) is 0.742. The van der Waals surface area contributed by atoms with Crippen LogP contribution >= 0.6 is 0 Å². The van der Waals surface area contributed by atoms with Gasteiger partial charge >= 0.3 is 0 Å². The summed E-state index contributed by atoms with van der Waals surface area (Å²) in [5, 5.41) is 9.58. The monoisotopic (exact) mass is 296 g/mol. The van der Waals surface area contributed by atoms with E-state index in [1.54, 1.807) is 6.07 Å². The molecule has 108 valence electrons. The number of aromatic amines is 2. The highest BCUT2D eigenvalue weighted by atomic mass is 32.2. The number of hydrogen-bond acceptors (Lipinski definition) is 5. The van der Waals surface area contributed by atoms with Crippen molar-refractivity contribution in [2.24, 2.45) is 0 Å². The Kier molecular flexibility index (Phi) is 3.55. The van der Waals surface area contributed by atoms with E-state index in [1.165, 1.54) is 25.4 Å². The highest BCUT2D eigenvalue weighted by Crippen LogP contribution is 2.19. The maximum Gasteiger partial charge on any atom is 0.242 e. The molecule has 1 saturated carbocycles. The zero-order valence-electron chi connectivity index (χ0n) is 10.8. The molecule has 3 rings (SSSR count). The van der Waals surface area contributed by atoms with Crippen molar-refractivity contribution in [1.82, 2.24) is 30.2 Å². The van der Waals surface area contributed by atoms with Crippen molar-refractivity contribution < 1.29 is 8.42 Å². The van der Waals surface area contributed by atoms with Gasteiger partial charge in [-0.3, -0.25) is 5.10 Å². The van der Waals surface area contributed by atoms with Crippen molar-refractivity contribution in [3.05, 3.63) is 30.1 Å². The lowest BCUT2D eigenvalue weighted by molar-refractivity contribution is 0.579. The molecule has 0 atom stereocenters. The van der Waals surface area contributed by atoms with Crippen LogP contribution in [0.15, 0.2) is 23.5 Å². The van der Waals surface area contributed by atoms with Gasteiger partial charge in [-0.1, -0.05) is 0 Å². The topological polar surface area (TPSA) is 116 Å². The summed E-state index contributed by atoms with van der Waals surface area (Å²) in [6.07, 6.45) is 5.23. The second-order valence-electron chi connectivity index (χ2n) is 4.77. The first kappa shape index (κ1) is 13.3. The van der Waals surface area contributed by atoms with Crippen LogP contribution < -0.4 is 10.0 Å². The minimum absolute atomic E-state index is 0.0865. The summed E-state index contributed by atoms with van der Waals surface area (Å²) in [6, 6.07) is 2.22. The zero-order chi connectivity index (χ0) is 14.0. The van der Waals surface area contributed by atoms with Gasteiger partial charge in [0.15, 0.2) is 0 Å². The van der Waals surface area contributed by atoms with E-state index in [0.717, 1.165) is 5.69 Å². The molecular formula is C11H16N6O2S. The molecule has 1 aliphatic carbocycles. The zero-order valence-corrected chi connectivity index (χ0v) is 11.6. The fraction of sp³-hybridized carbons (Fsp3) is 0.455. The molecule has 0 radical (unpaired) electrons. The van der Waals surface area contributed by atoms with Crippen LogP contribution in [0.1, 0.15) is 24.4 Å². The second kappa shape index (κ2) is 5.35. The van der Waals surface area contributed by atoms with Crippen LogP contribution in [-0.4, -0.2) is 34.6 Å². The molecule has 0 aromatic carbocycles. The molecule has 20 heavy (non-hydrogen) atoms. The van der Waals surface area contributed by atoms with E-state index < -0.39 is 10.0 Å². The quantitative estimate of drug-likeness (QED) is 0.568. The Bertz CT molecular complexity index is 659. The lowest BCUT2D eigenvalue weighted by Gasteiger charge is -2.02. The Labute approximate surface area is 116 Å². The molecule has 0 spiro atoms. The van der Waals surface area contributed by atoms with Crippen LogP contribution in [0.4, 0.5) is 0 Å². The number of hydrogen-bond donors (Lipinski definition) is 4. The highest BCUT2D eigenvalue weighted by molar-refractivity contribution is 7.89. The van der Waals surface area contributed by atoms with Crippen LogP contribution in [0.3, 0.4) is 0 Å². The van der Waals surface area contributed by atoms with Gasteiger partial charge in [0.05, 0.1) is 11.4 Å². The van der Waals surface area contributed by atoms with Crippen LogP contribution in [0.5, 0.6) is 0 Å². The van der Waals surface area contributed by atoms with Crippen LogP contribution in [0.2, 0.25) is 0 Å². The van der Waals surface area contributed by atoms with E-state index in [-0.39, 0.29) is 11.4 Å². The van der Waals surface area contributed by atoms with Gasteiger partial charge in [0, 0.05) is 24.5 Å². The first-order valence-electron chi connectivity index (χ1n) is 6.38. The predicted molar refractivity (Wildman–Crippen MR) is 71.1 cm³/mol. The Hall–Kier alpha value is -1.71. The average Bonchev–Trinajstić information content (AvgIpc) is 2.94. The first-order valence-corrected chi connectivity index (χ1v) is 7.86. The molecule has 0 unspecified atom stereocenters. The Balaban J connectivity index is 1.61. The third-order valence-electron chi connectivity index (χ3n) is 3.08. The Morgan fingerprint density at radius 2 is 2.20 bits per heavy atom. The van der Waals surface area contributed by atoms with Crippen molar-refractivity contribution in [3.63, 3.8) is 0 Å².